The Morgan fingerprint density at radius 2 is 1.29 bits per heavy atom. The highest BCUT2D eigenvalue weighted by atomic mass is 19.2. The molecule has 0 spiro atoms. The van der Waals surface area contributed by atoms with Gasteiger partial charge in [-0.2, -0.15) is 4.39 Å². The third-order valence-corrected chi connectivity index (χ3v) is 7.19. The third kappa shape index (κ3) is 0.876. The van der Waals surface area contributed by atoms with E-state index in [1.165, 1.54) is 0 Å². The summed E-state index contributed by atoms with van der Waals surface area (Å²) in [7, 11) is 0. The molecule has 21 heavy (non-hydrogen) atoms. The SMILES string of the molecule is FC1=N[C@]2(F)[C@@H]3CCC[C@@H]3[C@@]1(F)[C@]1(F)[C@H]3CCC[C@H]3[C@@]12F. The zero-order valence-corrected chi connectivity index (χ0v) is 11.4. The van der Waals surface area contributed by atoms with Crippen LogP contribution in [0.4, 0.5) is 22.0 Å². The number of alkyl halides is 4. The van der Waals surface area contributed by atoms with Crippen LogP contribution in [0.2, 0.25) is 0 Å². The minimum absolute atomic E-state index is 0.203. The fourth-order valence-electron chi connectivity index (χ4n) is 6.53. The summed E-state index contributed by atoms with van der Waals surface area (Å²) in [5, 5.41) is 0. The molecule has 2 aliphatic heterocycles. The van der Waals surface area contributed by atoms with E-state index in [1.54, 1.807) is 0 Å². The van der Waals surface area contributed by atoms with Crippen LogP contribution in [0.15, 0.2) is 4.99 Å². The zero-order valence-electron chi connectivity index (χ0n) is 11.4. The van der Waals surface area contributed by atoms with Crippen LogP contribution in [-0.2, 0) is 0 Å². The lowest BCUT2D eigenvalue weighted by atomic mass is 9.37. The average molecular weight is 305 g/mol. The summed E-state index contributed by atoms with van der Waals surface area (Å²) in [6.07, 6.45) is 2.10. The summed E-state index contributed by atoms with van der Waals surface area (Å²) in [4.78, 5) is 3.15. The van der Waals surface area contributed by atoms with E-state index in [2.05, 4.69) is 4.99 Å². The van der Waals surface area contributed by atoms with Crippen LogP contribution in [0.5, 0.6) is 0 Å². The van der Waals surface area contributed by atoms with Gasteiger partial charge in [-0.05, 0) is 25.7 Å². The standard InChI is InChI=1S/C15H16F5N/c16-11-12(17)7-3-1-6-10(7)15(20,21-11)14(19)9-5-2-4-8(9)13(12,14)18/h7-10H,1-6H2/t7-,8-,9+,10+,12-,13+,14+,15+/m0/s1. The molecule has 6 rings (SSSR count). The molecule has 2 heterocycles. The van der Waals surface area contributed by atoms with Crippen molar-refractivity contribution in [3.8, 4) is 0 Å². The molecule has 1 nitrogen and oxygen atoms in total. The molecular weight excluding hydrogens is 289 g/mol. The van der Waals surface area contributed by atoms with E-state index in [0.717, 1.165) is 0 Å². The van der Waals surface area contributed by atoms with Crippen LogP contribution in [0.25, 0.3) is 0 Å². The molecule has 8 atom stereocenters. The van der Waals surface area contributed by atoms with Crippen molar-refractivity contribution in [1.82, 2.24) is 0 Å². The first-order valence-electron chi connectivity index (χ1n) is 7.85. The summed E-state index contributed by atoms with van der Waals surface area (Å²) < 4.78 is 76.4. The van der Waals surface area contributed by atoms with Gasteiger partial charge in [-0.1, -0.05) is 12.8 Å². The van der Waals surface area contributed by atoms with Crippen LogP contribution in [0.1, 0.15) is 38.5 Å². The van der Waals surface area contributed by atoms with E-state index in [1.807, 2.05) is 0 Å². The van der Waals surface area contributed by atoms with E-state index in [4.69, 9.17) is 0 Å². The molecule has 0 saturated heterocycles. The first-order valence-corrected chi connectivity index (χ1v) is 7.85. The van der Waals surface area contributed by atoms with Crippen molar-refractivity contribution in [2.75, 3.05) is 0 Å². The van der Waals surface area contributed by atoms with Crippen molar-refractivity contribution in [3.63, 3.8) is 0 Å². The van der Waals surface area contributed by atoms with Crippen LogP contribution in [0.3, 0.4) is 0 Å². The highest BCUT2D eigenvalue weighted by Gasteiger charge is 2.97. The van der Waals surface area contributed by atoms with Gasteiger partial charge in [-0.15, -0.1) is 0 Å². The van der Waals surface area contributed by atoms with Crippen LogP contribution in [-0.4, -0.2) is 28.8 Å². The number of fused-ring (bicyclic) bond motifs is 1. The smallest absolute Gasteiger partial charge is 0.236 e. The largest absolute Gasteiger partial charge is 0.243 e. The quantitative estimate of drug-likeness (QED) is 0.473. The molecule has 2 bridgehead atoms. The molecule has 0 aromatic carbocycles. The number of rotatable bonds is 0. The minimum atomic E-state index is -3.08. The summed E-state index contributed by atoms with van der Waals surface area (Å²) in [6.45, 7) is 0. The minimum Gasteiger partial charge on any atom is -0.236 e. The highest BCUT2D eigenvalue weighted by molar-refractivity contribution is 5.90. The Morgan fingerprint density at radius 1 is 0.762 bits per heavy atom. The molecule has 0 aromatic heterocycles. The first-order chi connectivity index (χ1) is 9.83. The molecule has 0 N–H and O–H groups in total. The highest BCUT2D eigenvalue weighted by Crippen LogP contribution is 2.81. The molecule has 4 aliphatic carbocycles. The van der Waals surface area contributed by atoms with Crippen LogP contribution >= 0.6 is 0 Å². The van der Waals surface area contributed by atoms with Gasteiger partial charge in [-0.25, -0.2) is 22.6 Å². The predicted molar refractivity (Wildman–Crippen MR) is 65.6 cm³/mol. The van der Waals surface area contributed by atoms with Gasteiger partial charge in [0, 0.05) is 23.7 Å². The van der Waals surface area contributed by atoms with Gasteiger partial charge >= 0.3 is 0 Å². The number of halogens is 5. The molecule has 4 saturated carbocycles. The third-order valence-electron chi connectivity index (χ3n) is 7.19. The lowest BCUT2D eigenvalue weighted by molar-refractivity contribution is -0.364. The first kappa shape index (κ1) is 12.8. The topological polar surface area (TPSA) is 12.4 Å². The van der Waals surface area contributed by atoms with Crippen molar-refractivity contribution in [1.29, 1.82) is 0 Å². The number of aliphatic imine (C=N–C) groups is 1. The maximum atomic E-state index is 15.6. The van der Waals surface area contributed by atoms with Gasteiger partial charge in [0.15, 0.2) is 5.67 Å². The zero-order chi connectivity index (χ0) is 14.8. The van der Waals surface area contributed by atoms with Gasteiger partial charge in [-0.3, -0.25) is 0 Å². The van der Waals surface area contributed by atoms with Crippen molar-refractivity contribution < 1.29 is 22.0 Å². The monoisotopic (exact) mass is 305 g/mol. The second-order valence-corrected chi connectivity index (χ2v) is 7.50. The van der Waals surface area contributed by atoms with E-state index in [-0.39, 0.29) is 12.8 Å². The van der Waals surface area contributed by atoms with Gasteiger partial charge < -0.3 is 0 Å². The number of nitrogens with zero attached hydrogens (tertiary/aromatic N) is 1. The normalized spacial score (nSPS) is 67.2. The van der Waals surface area contributed by atoms with Crippen molar-refractivity contribution in [3.05, 3.63) is 0 Å². The predicted octanol–water partition coefficient (Wildman–Crippen LogP) is 4.02. The van der Waals surface area contributed by atoms with E-state index >= 15 is 17.6 Å². The van der Waals surface area contributed by atoms with Gasteiger partial charge in [0.1, 0.15) is 0 Å². The maximum absolute atomic E-state index is 15.6. The van der Waals surface area contributed by atoms with Gasteiger partial charge in [0.2, 0.25) is 23.1 Å². The van der Waals surface area contributed by atoms with Crippen molar-refractivity contribution in [2.24, 2.45) is 28.7 Å². The fourth-order valence-corrected chi connectivity index (χ4v) is 6.53. The molecule has 0 unspecified atom stereocenters. The molecule has 6 heteroatoms. The Hall–Kier alpha value is -0.680. The van der Waals surface area contributed by atoms with E-state index < -0.39 is 52.4 Å². The van der Waals surface area contributed by atoms with Gasteiger partial charge in [0.05, 0.1) is 0 Å². The van der Waals surface area contributed by atoms with E-state index in [0.29, 0.717) is 25.7 Å². The summed E-state index contributed by atoms with van der Waals surface area (Å²) in [6, 6.07) is 0. The molecule has 6 aliphatic rings. The lowest BCUT2D eigenvalue weighted by Crippen LogP contribution is -2.92. The average Bonchev–Trinajstić information content (AvgIpc) is 3.09. The molecule has 0 radical (unpaired) electrons. The molecule has 0 amide bonds. The molecule has 0 aromatic rings. The Kier molecular flexibility index (Phi) is 1.93. The Bertz CT molecular complexity index is 580. The molecular formula is C15H16F5N. The second-order valence-electron chi connectivity index (χ2n) is 7.50. The summed E-state index contributed by atoms with van der Waals surface area (Å²) in [5.74, 6) is -8.49. The fraction of sp³-hybridized carbons (Fsp3) is 0.933. The van der Waals surface area contributed by atoms with Gasteiger partial charge in [0.25, 0.3) is 0 Å². The maximum Gasteiger partial charge on any atom is 0.243 e. The Labute approximate surface area is 119 Å². The Morgan fingerprint density at radius 3 is 1.95 bits per heavy atom. The number of hydrogen-bond donors (Lipinski definition) is 0. The summed E-state index contributed by atoms with van der Waals surface area (Å²) >= 11 is 0. The number of hydrogen-bond acceptors (Lipinski definition) is 1. The second kappa shape index (κ2) is 3.16. The van der Waals surface area contributed by atoms with Crippen LogP contribution < -0.4 is 0 Å². The molecule has 116 valence electrons. The Balaban J connectivity index is 1.83. The molecule has 4 fully saturated rings. The van der Waals surface area contributed by atoms with Crippen molar-refractivity contribution >= 4 is 5.97 Å². The lowest BCUT2D eigenvalue weighted by Gasteiger charge is -2.72. The summed E-state index contributed by atoms with van der Waals surface area (Å²) in [5.41, 5.74) is -9.13. The van der Waals surface area contributed by atoms with Crippen molar-refractivity contribution in [2.45, 2.75) is 61.3 Å². The van der Waals surface area contributed by atoms with E-state index in [9.17, 15) is 4.39 Å². The van der Waals surface area contributed by atoms with Crippen LogP contribution in [0, 0.1) is 23.7 Å².